The molecule has 1 aliphatic carbocycles. The lowest BCUT2D eigenvalue weighted by Crippen LogP contribution is -2.15. The third kappa shape index (κ3) is 2.69. The zero-order valence-corrected chi connectivity index (χ0v) is 11.1. The van der Waals surface area contributed by atoms with Crippen LogP contribution in [0.3, 0.4) is 0 Å². The summed E-state index contributed by atoms with van der Waals surface area (Å²) in [6, 6.07) is 6.55. The zero-order valence-electron chi connectivity index (χ0n) is 11.1. The van der Waals surface area contributed by atoms with Gasteiger partial charge < -0.3 is 0 Å². The molecule has 90 valence electrons. The summed E-state index contributed by atoms with van der Waals surface area (Å²) in [5, 5.41) is 9.27. The molecular weight excluding hydrogens is 206 g/mol. The fraction of sp³-hybridized carbons (Fsp3) is 0.562. The topological polar surface area (TPSA) is 23.8 Å². The van der Waals surface area contributed by atoms with Gasteiger partial charge in [-0.05, 0) is 60.3 Å². The van der Waals surface area contributed by atoms with E-state index >= 15 is 0 Å². The normalized spacial score (nSPS) is 15.2. The molecule has 0 N–H and O–H groups in total. The van der Waals surface area contributed by atoms with Crippen molar-refractivity contribution in [1.82, 2.24) is 0 Å². The van der Waals surface area contributed by atoms with Gasteiger partial charge in [-0.3, -0.25) is 0 Å². The lowest BCUT2D eigenvalue weighted by atomic mass is 9.79. The molecule has 2 rings (SSSR count). The number of benzene rings is 1. The van der Waals surface area contributed by atoms with Crippen molar-refractivity contribution in [1.29, 1.82) is 5.26 Å². The fourth-order valence-corrected chi connectivity index (χ4v) is 2.74. The van der Waals surface area contributed by atoms with Gasteiger partial charge >= 0.3 is 0 Å². The summed E-state index contributed by atoms with van der Waals surface area (Å²) < 4.78 is 0. The van der Waals surface area contributed by atoms with E-state index in [4.69, 9.17) is 0 Å². The Labute approximate surface area is 104 Å². The lowest BCUT2D eigenvalue weighted by molar-refractivity contribution is 0.408. The highest BCUT2D eigenvalue weighted by Crippen LogP contribution is 2.31. The van der Waals surface area contributed by atoms with Gasteiger partial charge in [0.1, 0.15) is 0 Å². The van der Waals surface area contributed by atoms with Crippen LogP contribution in [0.2, 0.25) is 0 Å². The molecule has 0 bridgehead atoms. The van der Waals surface area contributed by atoms with Crippen molar-refractivity contribution >= 4 is 0 Å². The Bertz CT molecular complexity index is 458. The molecule has 0 aromatic heterocycles. The molecule has 0 saturated heterocycles. The lowest BCUT2D eigenvalue weighted by Gasteiger charge is -2.25. The molecule has 0 radical (unpaired) electrons. The van der Waals surface area contributed by atoms with E-state index in [2.05, 4.69) is 32.9 Å². The van der Waals surface area contributed by atoms with Crippen LogP contribution in [0.25, 0.3) is 0 Å². The molecule has 1 heteroatoms. The summed E-state index contributed by atoms with van der Waals surface area (Å²) in [5.74, 6) is 0. The van der Waals surface area contributed by atoms with E-state index in [1.165, 1.54) is 36.0 Å². The van der Waals surface area contributed by atoms with Gasteiger partial charge in [0.2, 0.25) is 0 Å². The smallest absolute Gasteiger partial charge is 0.0994 e. The minimum atomic E-state index is 0.248. The Balaban J connectivity index is 2.49. The van der Waals surface area contributed by atoms with E-state index < -0.39 is 0 Å². The molecule has 17 heavy (non-hydrogen) atoms. The first-order valence-corrected chi connectivity index (χ1v) is 6.55. The van der Waals surface area contributed by atoms with E-state index in [1.807, 2.05) is 6.07 Å². The van der Waals surface area contributed by atoms with E-state index in [1.54, 1.807) is 0 Å². The molecule has 1 aliphatic rings. The van der Waals surface area contributed by atoms with Crippen molar-refractivity contribution in [3.8, 4) is 6.07 Å². The van der Waals surface area contributed by atoms with E-state index in [9.17, 15) is 5.26 Å². The maximum Gasteiger partial charge on any atom is 0.0994 e. The second-order valence-corrected chi connectivity index (χ2v) is 6.29. The Hall–Kier alpha value is -1.29. The Kier molecular flexibility index (Phi) is 3.24. The molecular formula is C16H21N. The van der Waals surface area contributed by atoms with Gasteiger partial charge in [0.15, 0.2) is 0 Å². The number of nitriles is 1. The highest BCUT2D eigenvalue weighted by molar-refractivity contribution is 5.48. The van der Waals surface area contributed by atoms with Gasteiger partial charge in [0.05, 0.1) is 11.6 Å². The van der Waals surface area contributed by atoms with Crippen molar-refractivity contribution in [2.24, 2.45) is 5.41 Å². The molecule has 1 nitrogen and oxygen atoms in total. The predicted octanol–water partition coefficient (Wildman–Crippen LogP) is 4.03. The Morgan fingerprint density at radius 2 is 1.88 bits per heavy atom. The zero-order chi connectivity index (χ0) is 12.5. The summed E-state index contributed by atoms with van der Waals surface area (Å²) in [5.41, 5.74) is 5.41. The van der Waals surface area contributed by atoms with Gasteiger partial charge in [-0.15, -0.1) is 0 Å². The van der Waals surface area contributed by atoms with Crippen LogP contribution in [0.15, 0.2) is 12.1 Å². The molecule has 1 aromatic rings. The van der Waals surface area contributed by atoms with Crippen LogP contribution in [0.4, 0.5) is 0 Å². The second kappa shape index (κ2) is 4.53. The first-order chi connectivity index (χ1) is 8.01. The van der Waals surface area contributed by atoms with Gasteiger partial charge in [0, 0.05) is 0 Å². The molecule has 0 spiro atoms. The number of nitrogens with zero attached hydrogens (tertiary/aromatic N) is 1. The number of aryl methyl sites for hydroxylation is 1. The third-order valence-electron chi connectivity index (χ3n) is 3.48. The van der Waals surface area contributed by atoms with Gasteiger partial charge in [-0.2, -0.15) is 5.26 Å². The van der Waals surface area contributed by atoms with Crippen LogP contribution in [-0.2, 0) is 19.3 Å². The fourth-order valence-electron chi connectivity index (χ4n) is 2.74. The molecule has 0 aliphatic heterocycles. The van der Waals surface area contributed by atoms with Crippen molar-refractivity contribution in [3.63, 3.8) is 0 Å². The monoisotopic (exact) mass is 227 g/mol. The Morgan fingerprint density at radius 3 is 2.53 bits per heavy atom. The van der Waals surface area contributed by atoms with E-state index in [-0.39, 0.29) is 5.41 Å². The average molecular weight is 227 g/mol. The van der Waals surface area contributed by atoms with E-state index in [0.29, 0.717) is 0 Å². The SMILES string of the molecule is CC(C)(C)Cc1c(C#N)ccc2c1CCCC2. The minimum absolute atomic E-state index is 0.248. The van der Waals surface area contributed by atoms with Crippen LogP contribution >= 0.6 is 0 Å². The number of hydrogen-bond donors (Lipinski definition) is 0. The summed E-state index contributed by atoms with van der Waals surface area (Å²) in [7, 11) is 0. The van der Waals surface area contributed by atoms with Crippen molar-refractivity contribution in [2.75, 3.05) is 0 Å². The number of fused-ring (bicyclic) bond motifs is 1. The second-order valence-electron chi connectivity index (χ2n) is 6.29. The maximum atomic E-state index is 9.27. The van der Waals surface area contributed by atoms with Gasteiger partial charge in [-0.25, -0.2) is 0 Å². The molecule has 0 fully saturated rings. The number of hydrogen-bond acceptors (Lipinski definition) is 1. The van der Waals surface area contributed by atoms with Crippen LogP contribution in [-0.4, -0.2) is 0 Å². The van der Waals surface area contributed by atoms with Crippen molar-refractivity contribution in [3.05, 3.63) is 34.4 Å². The van der Waals surface area contributed by atoms with Crippen molar-refractivity contribution < 1.29 is 0 Å². The highest BCUT2D eigenvalue weighted by atomic mass is 14.3. The summed E-state index contributed by atoms with van der Waals surface area (Å²) in [4.78, 5) is 0. The summed E-state index contributed by atoms with van der Waals surface area (Å²) in [6.07, 6.45) is 5.94. The average Bonchev–Trinajstić information content (AvgIpc) is 2.28. The van der Waals surface area contributed by atoms with E-state index in [0.717, 1.165) is 18.4 Å². The van der Waals surface area contributed by atoms with Crippen LogP contribution < -0.4 is 0 Å². The first kappa shape index (κ1) is 12.2. The molecule has 0 saturated carbocycles. The third-order valence-corrected chi connectivity index (χ3v) is 3.48. The summed E-state index contributed by atoms with van der Waals surface area (Å²) >= 11 is 0. The van der Waals surface area contributed by atoms with Crippen molar-refractivity contribution in [2.45, 2.75) is 52.9 Å². The maximum absolute atomic E-state index is 9.27. The summed E-state index contributed by atoms with van der Waals surface area (Å²) in [6.45, 7) is 6.74. The minimum Gasteiger partial charge on any atom is -0.192 e. The quantitative estimate of drug-likeness (QED) is 0.710. The molecule has 0 unspecified atom stereocenters. The van der Waals surface area contributed by atoms with Crippen LogP contribution in [0.5, 0.6) is 0 Å². The first-order valence-electron chi connectivity index (χ1n) is 6.55. The molecule has 0 atom stereocenters. The standard InChI is InChI=1S/C16H21N/c1-16(2,3)10-15-13(11-17)9-8-12-6-4-5-7-14(12)15/h8-9H,4-7,10H2,1-3H3. The Morgan fingerprint density at radius 1 is 1.18 bits per heavy atom. The van der Waals surface area contributed by atoms with Gasteiger partial charge in [0.25, 0.3) is 0 Å². The predicted molar refractivity (Wildman–Crippen MR) is 71.0 cm³/mol. The number of rotatable bonds is 1. The highest BCUT2D eigenvalue weighted by Gasteiger charge is 2.20. The largest absolute Gasteiger partial charge is 0.192 e. The molecule has 1 aromatic carbocycles. The van der Waals surface area contributed by atoms with Crippen LogP contribution in [0, 0.1) is 16.7 Å². The van der Waals surface area contributed by atoms with Gasteiger partial charge in [-0.1, -0.05) is 26.8 Å². The molecule has 0 heterocycles. The van der Waals surface area contributed by atoms with Crippen LogP contribution in [0.1, 0.15) is 55.9 Å². The molecule has 0 amide bonds.